The number of carbonyl (C=O) groups excluding carboxylic acids is 2. The van der Waals surface area contributed by atoms with Crippen molar-refractivity contribution in [3.8, 4) is 0 Å². The molecule has 2 unspecified atom stereocenters. The molecule has 28 heavy (non-hydrogen) atoms. The molecule has 1 saturated heterocycles. The van der Waals surface area contributed by atoms with E-state index in [9.17, 15) is 9.59 Å². The highest BCUT2D eigenvalue weighted by Gasteiger charge is 2.53. The number of piperidine rings is 1. The lowest BCUT2D eigenvalue weighted by Crippen LogP contribution is -2.33. The molecule has 0 radical (unpaired) electrons. The molecule has 2 atom stereocenters. The maximum absolute atomic E-state index is 13.0. The summed E-state index contributed by atoms with van der Waals surface area (Å²) < 4.78 is 0. The van der Waals surface area contributed by atoms with Crippen molar-refractivity contribution in [2.75, 3.05) is 20.1 Å². The lowest BCUT2D eigenvalue weighted by molar-refractivity contribution is -0.117. The van der Waals surface area contributed by atoms with Gasteiger partial charge in [0.05, 0.1) is 0 Å². The van der Waals surface area contributed by atoms with Crippen molar-refractivity contribution in [3.05, 3.63) is 70.8 Å². The van der Waals surface area contributed by atoms with Crippen molar-refractivity contribution in [1.29, 1.82) is 0 Å². The van der Waals surface area contributed by atoms with Crippen molar-refractivity contribution in [3.63, 3.8) is 0 Å². The van der Waals surface area contributed by atoms with Gasteiger partial charge < -0.3 is 16.0 Å². The molecule has 0 bridgehead atoms. The molecule has 1 heterocycles. The van der Waals surface area contributed by atoms with Crippen LogP contribution < -0.4 is 16.0 Å². The molecule has 5 nitrogen and oxygen atoms in total. The van der Waals surface area contributed by atoms with Gasteiger partial charge in [-0.3, -0.25) is 9.59 Å². The standard InChI is InChI=1S/C23H29N3O2/c1-4-16(11-17-8-6-5-7-9-17)12-18(10-15(2)22(27)24-3)23(28)26-21-19-13-25-14-20(19)21/h4-10,12,19-21,25H,11,13-14H2,1-3H3,(H,24,27)(H,26,28)/b15-10+,16-4+,18-12+. The van der Waals surface area contributed by atoms with Gasteiger partial charge in [0.15, 0.2) is 0 Å². The van der Waals surface area contributed by atoms with Crippen LogP contribution in [0, 0.1) is 11.8 Å². The zero-order chi connectivity index (χ0) is 20.1. The third-order valence-electron chi connectivity index (χ3n) is 5.57. The number of fused-ring (bicyclic) bond motifs is 1. The van der Waals surface area contributed by atoms with Crippen LogP contribution in [0.25, 0.3) is 0 Å². The predicted octanol–water partition coefficient (Wildman–Crippen LogP) is 2.13. The molecule has 2 fully saturated rings. The summed E-state index contributed by atoms with van der Waals surface area (Å²) in [5.74, 6) is 0.783. The van der Waals surface area contributed by atoms with Gasteiger partial charge in [0.25, 0.3) is 5.91 Å². The monoisotopic (exact) mass is 379 g/mol. The molecule has 0 spiro atoms. The van der Waals surface area contributed by atoms with E-state index < -0.39 is 0 Å². The fraction of sp³-hybridized carbons (Fsp3) is 0.391. The van der Waals surface area contributed by atoms with E-state index in [2.05, 4.69) is 28.1 Å². The van der Waals surface area contributed by atoms with Gasteiger partial charge in [-0.25, -0.2) is 0 Å². The van der Waals surface area contributed by atoms with Crippen LogP contribution in [0.2, 0.25) is 0 Å². The molecular weight excluding hydrogens is 350 g/mol. The van der Waals surface area contributed by atoms with Crippen LogP contribution in [0.15, 0.2) is 65.3 Å². The highest BCUT2D eigenvalue weighted by atomic mass is 16.2. The van der Waals surface area contributed by atoms with E-state index in [1.807, 2.05) is 37.3 Å². The number of allylic oxidation sites excluding steroid dienone is 3. The molecule has 1 aromatic carbocycles. The Balaban J connectivity index is 1.80. The van der Waals surface area contributed by atoms with Gasteiger partial charge in [0.1, 0.15) is 0 Å². The summed E-state index contributed by atoms with van der Waals surface area (Å²) in [6.45, 7) is 5.63. The van der Waals surface area contributed by atoms with E-state index >= 15 is 0 Å². The van der Waals surface area contributed by atoms with E-state index in [1.54, 1.807) is 20.0 Å². The zero-order valence-corrected chi connectivity index (χ0v) is 16.8. The summed E-state index contributed by atoms with van der Waals surface area (Å²) in [6, 6.07) is 10.4. The average molecular weight is 380 g/mol. The number of hydrogen-bond donors (Lipinski definition) is 3. The normalized spacial score (nSPS) is 24.5. The molecular formula is C23H29N3O2. The Hall–Kier alpha value is -2.66. The topological polar surface area (TPSA) is 70.2 Å². The lowest BCUT2D eigenvalue weighted by atomic mass is 10.0. The predicted molar refractivity (Wildman–Crippen MR) is 112 cm³/mol. The molecule has 148 valence electrons. The summed E-state index contributed by atoms with van der Waals surface area (Å²) in [7, 11) is 1.59. The van der Waals surface area contributed by atoms with Gasteiger partial charge in [-0.2, -0.15) is 0 Å². The van der Waals surface area contributed by atoms with Crippen molar-refractivity contribution in [2.45, 2.75) is 26.3 Å². The van der Waals surface area contributed by atoms with E-state index in [4.69, 9.17) is 0 Å². The lowest BCUT2D eigenvalue weighted by Gasteiger charge is -2.11. The van der Waals surface area contributed by atoms with Gasteiger partial charge in [-0.15, -0.1) is 0 Å². The Kier molecular flexibility index (Phi) is 6.47. The minimum Gasteiger partial charge on any atom is -0.355 e. The first-order valence-corrected chi connectivity index (χ1v) is 9.86. The number of hydrogen-bond acceptors (Lipinski definition) is 3. The molecule has 3 N–H and O–H groups in total. The maximum Gasteiger partial charge on any atom is 0.251 e. The molecule has 1 aliphatic heterocycles. The van der Waals surface area contributed by atoms with Gasteiger partial charge >= 0.3 is 0 Å². The molecule has 1 saturated carbocycles. The largest absolute Gasteiger partial charge is 0.355 e. The first-order valence-electron chi connectivity index (χ1n) is 9.86. The molecule has 3 rings (SSSR count). The molecule has 0 aromatic heterocycles. The average Bonchev–Trinajstić information content (AvgIpc) is 3.13. The summed E-state index contributed by atoms with van der Waals surface area (Å²) in [6.07, 6.45) is 6.32. The van der Waals surface area contributed by atoms with Crippen molar-refractivity contribution < 1.29 is 9.59 Å². The number of amides is 2. The van der Waals surface area contributed by atoms with E-state index in [1.165, 1.54) is 5.56 Å². The van der Waals surface area contributed by atoms with Crippen LogP contribution in [0.3, 0.4) is 0 Å². The first-order chi connectivity index (χ1) is 13.5. The smallest absolute Gasteiger partial charge is 0.251 e. The van der Waals surface area contributed by atoms with Crippen LogP contribution in [0.5, 0.6) is 0 Å². The third kappa shape index (κ3) is 4.78. The summed E-state index contributed by atoms with van der Waals surface area (Å²) in [5.41, 5.74) is 3.25. The Labute approximate surface area is 167 Å². The van der Waals surface area contributed by atoms with Gasteiger partial charge in [0, 0.05) is 37.3 Å². The molecule has 2 aliphatic rings. The Bertz CT molecular complexity index is 814. The van der Waals surface area contributed by atoms with E-state index in [0.29, 0.717) is 23.0 Å². The highest BCUT2D eigenvalue weighted by Crippen LogP contribution is 2.41. The highest BCUT2D eigenvalue weighted by molar-refractivity contribution is 6.01. The minimum atomic E-state index is -0.184. The van der Waals surface area contributed by atoms with Crippen LogP contribution in [0.1, 0.15) is 19.4 Å². The maximum atomic E-state index is 13.0. The molecule has 1 aliphatic carbocycles. The van der Waals surface area contributed by atoms with E-state index in [0.717, 1.165) is 25.1 Å². The summed E-state index contributed by atoms with van der Waals surface area (Å²) >= 11 is 0. The first kappa shape index (κ1) is 20.1. The third-order valence-corrected chi connectivity index (χ3v) is 5.57. The number of carbonyl (C=O) groups is 2. The Morgan fingerprint density at radius 2 is 1.79 bits per heavy atom. The number of benzene rings is 1. The van der Waals surface area contributed by atoms with Crippen LogP contribution in [-0.4, -0.2) is 38.0 Å². The Morgan fingerprint density at radius 1 is 1.11 bits per heavy atom. The summed E-state index contributed by atoms with van der Waals surface area (Å²) in [4.78, 5) is 24.9. The van der Waals surface area contributed by atoms with Gasteiger partial charge in [0.2, 0.25) is 5.91 Å². The van der Waals surface area contributed by atoms with Crippen LogP contribution >= 0.6 is 0 Å². The summed E-state index contributed by atoms with van der Waals surface area (Å²) in [5, 5.41) is 9.11. The number of nitrogens with one attached hydrogen (secondary N) is 3. The van der Waals surface area contributed by atoms with Crippen LogP contribution in [-0.2, 0) is 16.0 Å². The fourth-order valence-corrected chi connectivity index (χ4v) is 3.80. The number of likely N-dealkylation sites (N-methyl/N-ethyl adjacent to an activating group) is 1. The van der Waals surface area contributed by atoms with Gasteiger partial charge in [-0.1, -0.05) is 36.4 Å². The van der Waals surface area contributed by atoms with E-state index in [-0.39, 0.29) is 17.9 Å². The second kappa shape index (κ2) is 9.02. The second-order valence-electron chi connectivity index (χ2n) is 7.52. The van der Waals surface area contributed by atoms with Crippen molar-refractivity contribution in [1.82, 2.24) is 16.0 Å². The van der Waals surface area contributed by atoms with Crippen LogP contribution in [0.4, 0.5) is 0 Å². The van der Waals surface area contributed by atoms with Crippen molar-refractivity contribution in [2.24, 2.45) is 11.8 Å². The number of rotatable bonds is 7. The molecule has 2 amide bonds. The zero-order valence-electron chi connectivity index (χ0n) is 16.8. The van der Waals surface area contributed by atoms with Gasteiger partial charge in [-0.05, 0) is 55.4 Å². The SMILES string of the molecule is C/C=C(/C=C(\C=C(/C)C(=O)NC)C(=O)NC1C2CNCC21)Cc1ccccc1. The minimum absolute atomic E-state index is 0.116. The second-order valence-corrected chi connectivity index (χ2v) is 7.52. The Morgan fingerprint density at radius 3 is 2.39 bits per heavy atom. The quantitative estimate of drug-likeness (QED) is 0.502. The van der Waals surface area contributed by atoms with Crippen molar-refractivity contribution >= 4 is 11.8 Å². The molecule has 5 heteroatoms. The fourth-order valence-electron chi connectivity index (χ4n) is 3.80. The molecule has 1 aromatic rings.